The van der Waals surface area contributed by atoms with Crippen LogP contribution < -0.4 is 20.3 Å². The van der Waals surface area contributed by atoms with E-state index in [1.165, 1.54) is 32.4 Å². The van der Waals surface area contributed by atoms with Crippen LogP contribution in [0.15, 0.2) is 55.1 Å². The van der Waals surface area contributed by atoms with Gasteiger partial charge in [-0.2, -0.15) is 5.10 Å². The average Bonchev–Trinajstić information content (AvgIpc) is 3.70. The first-order valence-corrected chi connectivity index (χ1v) is 15.1. The van der Waals surface area contributed by atoms with Crippen molar-refractivity contribution in [1.29, 1.82) is 0 Å². The van der Waals surface area contributed by atoms with Crippen LogP contribution in [0.5, 0.6) is 5.75 Å². The molecule has 7 rings (SSSR count). The highest BCUT2D eigenvalue weighted by Crippen LogP contribution is 2.43. The number of nitrogens with one attached hydrogen (secondary N) is 2. The quantitative estimate of drug-likeness (QED) is 0.271. The molecular formula is C32H38ClFN8O2. The summed E-state index contributed by atoms with van der Waals surface area (Å²) in [6.07, 6.45) is 13.2. The Hall–Kier alpha value is -3.80. The van der Waals surface area contributed by atoms with Crippen molar-refractivity contribution in [3.63, 3.8) is 0 Å². The van der Waals surface area contributed by atoms with Crippen LogP contribution >= 0.6 is 12.4 Å². The molecule has 3 saturated heterocycles. The van der Waals surface area contributed by atoms with Gasteiger partial charge in [-0.25, -0.2) is 19.3 Å². The summed E-state index contributed by atoms with van der Waals surface area (Å²) in [5.74, 6) is 1.36. The van der Waals surface area contributed by atoms with Gasteiger partial charge in [0, 0.05) is 67.8 Å². The number of halogens is 2. The van der Waals surface area contributed by atoms with Gasteiger partial charge in [-0.1, -0.05) is 6.07 Å². The van der Waals surface area contributed by atoms with E-state index in [1.54, 1.807) is 24.4 Å². The van der Waals surface area contributed by atoms with E-state index in [9.17, 15) is 4.39 Å². The molecule has 3 aliphatic heterocycles. The third kappa shape index (κ3) is 6.09. The molecule has 3 fully saturated rings. The van der Waals surface area contributed by atoms with Crippen molar-refractivity contribution in [3.05, 3.63) is 60.9 Å². The van der Waals surface area contributed by atoms with Gasteiger partial charge >= 0.3 is 0 Å². The van der Waals surface area contributed by atoms with E-state index in [1.807, 2.05) is 12.4 Å². The molecule has 0 atom stereocenters. The molecule has 1 aromatic carbocycles. The summed E-state index contributed by atoms with van der Waals surface area (Å²) in [6, 6.07) is 8.89. The number of pyridine rings is 1. The zero-order chi connectivity index (χ0) is 29.2. The number of nitrogens with zero attached hydrogens (tertiary/aromatic N) is 6. The monoisotopic (exact) mass is 620 g/mol. The first kappa shape index (κ1) is 30.2. The van der Waals surface area contributed by atoms with Crippen LogP contribution in [-0.2, 0) is 4.74 Å². The van der Waals surface area contributed by atoms with Crippen molar-refractivity contribution in [2.45, 2.75) is 38.1 Å². The summed E-state index contributed by atoms with van der Waals surface area (Å²) in [4.78, 5) is 16.2. The van der Waals surface area contributed by atoms with E-state index in [4.69, 9.17) is 19.6 Å². The molecule has 3 aromatic heterocycles. The molecule has 0 radical (unpaired) electrons. The Morgan fingerprint density at radius 2 is 1.91 bits per heavy atom. The molecule has 2 N–H and O–H groups in total. The molecule has 232 valence electrons. The van der Waals surface area contributed by atoms with E-state index >= 15 is 0 Å². The SMILES string of the molecule is COc1cccc(F)c1-c1nccc(Nc2cc(N3CCC4(CCNCC4)C3)c(-c3cnn(C4CCOCC4)c3)cn2)n1.Cl. The van der Waals surface area contributed by atoms with Crippen LogP contribution in [0.3, 0.4) is 0 Å². The Balaban J connectivity index is 0.00000343. The molecule has 3 aliphatic rings. The van der Waals surface area contributed by atoms with E-state index < -0.39 is 5.82 Å². The molecule has 1 spiro atoms. The standard InChI is InChI=1S/C32H37FN8O2.ClH/c1-42-27-4-2-3-25(33)30(27)31-35-11-5-28(39-31)38-29-17-26(40-14-10-32(21-40)8-12-34-13-9-32)24(19-36-29)22-18-37-41(20-22)23-6-15-43-16-7-23;/h2-5,11,17-20,23,34H,6-10,12-16,21H2,1H3,(H,35,36,38,39);1H. The van der Waals surface area contributed by atoms with Gasteiger partial charge in [0.25, 0.3) is 0 Å². The first-order valence-electron chi connectivity index (χ1n) is 15.1. The van der Waals surface area contributed by atoms with Gasteiger partial charge < -0.3 is 25.0 Å². The second-order valence-electron chi connectivity index (χ2n) is 11.8. The lowest BCUT2D eigenvalue weighted by molar-refractivity contribution is 0.0662. The maximum absolute atomic E-state index is 14.8. The van der Waals surface area contributed by atoms with Crippen LogP contribution in [0.1, 0.15) is 38.1 Å². The molecule has 12 heteroatoms. The Labute approximate surface area is 262 Å². The topological polar surface area (TPSA) is 102 Å². The summed E-state index contributed by atoms with van der Waals surface area (Å²) < 4.78 is 27.8. The fourth-order valence-electron chi connectivity index (χ4n) is 6.70. The Morgan fingerprint density at radius 3 is 2.73 bits per heavy atom. The van der Waals surface area contributed by atoms with Gasteiger partial charge in [-0.3, -0.25) is 4.68 Å². The molecule has 0 aliphatic carbocycles. The normalized spacial score (nSPS) is 18.3. The van der Waals surface area contributed by atoms with Crippen molar-refractivity contribution >= 4 is 29.7 Å². The maximum atomic E-state index is 14.8. The summed E-state index contributed by atoms with van der Waals surface area (Å²) >= 11 is 0. The highest BCUT2D eigenvalue weighted by Gasteiger charge is 2.39. The smallest absolute Gasteiger partial charge is 0.168 e. The molecule has 6 heterocycles. The lowest BCUT2D eigenvalue weighted by atomic mass is 9.78. The third-order valence-corrected chi connectivity index (χ3v) is 9.13. The predicted octanol–water partition coefficient (Wildman–Crippen LogP) is 5.65. The number of benzene rings is 1. The minimum absolute atomic E-state index is 0. The van der Waals surface area contributed by atoms with Crippen LogP contribution in [0.4, 0.5) is 21.7 Å². The molecule has 0 saturated carbocycles. The van der Waals surface area contributed by atoms with Crippen molar-refractivity contribution < 1.29 is 13.9 Å². The van der Waals surface area contributed by atoms with E-state index in [0.29, 0.717) is 28.8 Å². The summed E-state index contributed by atoms with van der Waals surface area (Å²) in [5.41, 5.74) is 3.82. The van der Waals surface area contributed by atoms with E-state index in [2.05, 4.69) is 42.4 Å². The van der Waals surface area contributed by atoms with Gasteiger partial charge in [0.1, 0.15) is 23.2 Å². The van der Waals surface area contributed by atoms with Gasteiger partial charge in [0.2, 0.25) is 0 Å². The van der Waals surface area contributed by atoms with E-state index in [-0.39, 0.29) is 23.8 Å². The number of ether oxygens (including phenoxy) is 2. The van der Waals surface area contributed by atoms with Gasteiger partial charge in [-0.15, -0.1) is 12.4 Å². The number of methoxy groups -OCH3 is 1. The number of aromatic nitrogens is 5. The van der Waals surface area contributed by atoms with Crippen LogP contribution in [0, 0.1) is 11.2 Å². The molecule has 10 nitrogen and oxygen atoms in total. The van der Waals surface area contributed by atoms with Gasteiger partial charge in [0.15, 0.2) is 5.82 Å². The largest absolute Gasteiger partial charge is 0.496 e. The first-order chi connectivity index (χ1) is 21.1. The highest BCUT2D eigenvalue weighted by atomic mass is 35.5. The number of hydrogen-bond donors (Lipinski definition) is 2. The van der Waals surface area contributed by atoms with Crippen molar-refractivity contribution in [1.82, 2.24) is 30.0 Å². The van der Waals surface area contributed by atoms with Crippen molar-refractivity contribution in [3.8, 4) is 28.3 Å². The van der Waals surface area contributed by atoms with Gasteiger partial charge in [0.05, 0.1) is 24.9 Å². The average molecular weight is 621 g/mol. The summed E-state index contributed by atoms with van der Waals surface area (Å²) in [6.45, 7) is 5.70. The fourth-order valence-corrected chi connectivity index (χ4v) is 6.70. The Kier molecular flexibility index (Phi) is 8.97. The summed E-state index contributed by atoms with van der Waals surface area (Å²) in [5, 5.41) is 11.6. The Bertz CT molecular complexity index is 1590. The molecular weight excluding hydrogens is 583 g/mol. The van der Waals surface area contributed by atoms with E-state index in [0.717, 1.165) is 69.0 Å². The third-order valence-electron chi connectivity index (χ3n) is 9.13. The lowest BCUT2D eigenvalue weighted by Gasteiger charge is -2.34. The van der Waals surface area contributed by atoms with Gasteiger partial charge in [-0.05, 0) is 68.8 Å². The zero-order valence-electron chi connectivity index (χ0n) is 24.8. The maximum Gasteiger partial charge on any atom is 0.168 e. The molecule has 0 bridgehead atoms. The van der Waals surface area contributed by atoms with Crippen molar-refractivity contribution in [2.24, 2.45) is 5.41 Å². The number of piperidine rings is 1. The fraction of sp³-hybridized carbons (Fsp3) is 0.438. The molecule has 4 aromatic rings. The minimum Gasteiger partial charge on any atom is -0.496 e. The Morgan fingerprint density at radius 1 is 1.07 bits per heavy atom. The predicted molar refractivity (Wildman–Crippen MR) is 170 cm³/mol. The zero-order valence-corrected chi connectivity index (χ0v) is 25.7. The molecule has 44 heavy (non-hydrogen) atoms. The number of rotatable bonds is 7. The number of anilines is 3. The highest BCUT2D eigenvalue weighted by molar-refractivity contribution is 5.85. The van der Waals surface area contributed by atoms with Crippen LogP contribution in [0.2, 0.25) is 0 Å². The van der Waals surface area contributed by atoms with Crippen LogP contribution in [0.25, 0.3) is 22.5 Å². The molecule has 0 amide bonds. The lowest BCUT2D eigenvalue weighted by Crippen LogP contribution is -2.38. The van der Waals surface area contributed by atoms with Crippen LogP contribution in [-0.4, -0.2) is 71.2 Å². The minimum atomic E-state index is -0.441. The second-order valence-corrected chi connectivity index (χ2v) is 11.8. The van der Waals surface area contributed by atoms with Crippen molar-refractivity contribution in [2.75, 3.05) is 56.7 Å². The summed E-state index contributed by atoms with van der Waals surface area (Å²) in [7, 11) is 1.51. The number of hydrogen-bond acceptors (Lipinski definition) is 9. The second kappa shape index (κ2) is 13.1. The molecule has 0 unspecified atom stereocenters.